The Labute approximate surface area is 197 Å². The highest BCUT2D eigenvalue weighted by Gasteiger charge is 2.24. The minimum absolute atomic E-state index is 0.100. The Morgan fingerprint density at radius 1 is 1.03 bits per heavy atom. The summed E-state index contributed by atoms with van der Waals surface area (Å²) in [7, 11) is 1.75. The molecule has 1 saturated heterocycles. The van der Waals surface area contributed by atoms with Crippen LogP contribution >= 0.6 is 0 Å². The smallest absolute Gasteiger partial charge is 0.255 e. The van der Waals surface area contributed by atoms with Crippen molar-refractivity contribution in [1.82, 2.24) is 24.8 Å². The molecule has 4 aromatic rings. The molecule has 168 valence electrons. The molecule has 1 atom stereocenters. The van der Waals surface area contributed by atoms with Crippen molar-refractivity contribution in [2.75, 3.05) is 24.5 Å². The summed E-state index contributed by atoms with van der Waals surface area (Å²) in [5.74, 6) is 0.627. The molecule has 5 rings (SSSR count). The average molecular weight is 450 g/mol. The summed E-state index contributed by atoms with van der Waals surface area (Å²) in [5, 5.41) is 12.6. The summed E-state index contributed by atoms with van der Waals surface area (Å²) >= 11 is 0. The minimum Gasteiger partial charge on any atom is -0.339 e. The first-order valence-corrected chi connectivity index (χ1v) is 11.1. The number of aromatic nitrogens is 4. The van der Waals surface area contributed by atoms with Crippen LogP contribution in [0.4, 0.5) is 5.95 Å². The molecule has 0 radical (unpaired) electrons. The Morgan fingerprint density at radius 3 is 2.44 bits per heavy atom. The molecule has 3 heterocycles. The molecule has 1 aliphatic heterocycles. The van der Waals surface area contributed by atoms with E-state index in [0.29, 0.717) is 29.4 Å². The van der Waals surface area contributed by atoms with E-state index in [9.17, 15) is 4.79 Å². The van der Waals surface area contributed by atoms with E-state index in [4.69, 9.17) is 10.2 Å². The highest BCUT2D eigenvalue weighted by Crippen LogP contribution is 2.25. The van der Waals surface area contributed by atoms with Gasteiger partial charge in [0.15, 0.2) is 0 Å². The SMILES string of the molecule is Cn1c(N2CCN[C@@H](c3ccc(-c4ccc(C#N)cc4)cc3)C2)nc(-c2ccncn2)cc1=O. The number of nitrogens with zero attached hydrogens (tertiary/aromatic N) is 6. The van der Waals surface area contributed by atoms with E-state index < -0.39 is 0 Å². The van der Waals surface area contributed by atoms with E-state index in [2.05, 4.69) is 50.5 Å². The Bertz CT molecular complexity index is 1390. The van der Waals surface area contributed by atoms with Gasteiger partial charge in [-0.2, -0.15) is 5.26 Å². The van der Waals surface area contributed by atoms with E-state index in [1.807, 2.05) is 24.3 Å². The molecule has 34 heavy (non-hydrogen) atoms. The van der Waals surface area contributed by atoms with Crippen LogP contribution in [0.3, 0.4) is 0 Å². The van der Waals surface area contributed by atoms with Crippen LogP contribution in [0.5, 0.6) is 0 Å². The highest BCUT2D eigenvalue weighted by atomic mass is 16.1. The summed E-state index contributed by atoms with van der Waals surface area (Å²) in [5.41, 5.74) is 5.03. The molecule has 1 N–H and O–H groups in total. The molecular formula is C26H23N7O. The third kappa shape index (κ3) is 4.29. The quantitative estimate of drug-likeness (QED) is 0.511. The lowest BCUT2D eigenvalue weighted by atomic mass is 9.99. The highest BCUT2D eigenvalue weighted by molar-refractivity contribution is 5.64. The molecule has 2 aromatic carbocycles. The molecule has 0 saturated carbocycles. The Balaban J connectivity index is 1.38. The normalized spacial score (nSPS) is 15.6. The standard InChI is InChI=1S/C26H23N7O/c1-32-25(34)14-23(22-10-11-28-17-30-22)31-26(32)33-13-12-29-24(16-33)21-8-6-20(7-9-21)19-4-2-18(15-27)3-5-19/h2-11,14,17,24,29H,12-13,16H2,1H3/t24-/m1/s1. The van der Waals surface area contributed by atoms with Crippen molar-refractivity contribution in [1.29, 1.82) is 5.26 Å². The van der Waals surface area contributed by atoms with Crippen molar-refractivity contribution >= 4 is 5.95 Å². The van der Waals surface area contributed by atoms with E-state index in [-0.39, 0.29) is 11.6 Å². The molecule has 0 amide bonds. The molecule has 2 aromatic heterocycles. The first-order valence-electron chi connectivity index (χ1n) is 11.1. The molecule has 0 unspecified atom stereocenters. The second kappa shape index (κ2) is 9.25. The molecule has 8 nitrogen and oxygen atoms in total. The second-order valence-electron chi connectivity index (χ2n) is 8.20. The van der Waals surface area contributed by atoms with Gasteiger partial charge >= 0.3 is 0 Å². The fourth-order valence-corrected chi connectivity index (χ4v) is 4.18. The molecule has 8 heteroatoms. The number of hydrogen-bond donors (Lipinski definition) is 1. The first-order chi connectivity index (χ1) is 16.6. The average Bonchev–Trinajstić information content (AvgIpc) is 2.91. The fraction of sp³-hybridized carbons (Fsp3) is 0.192. The minimum atomic E-state index is -0.125. The molecular weight excluding hydrogens is 426 g/mol. The van der Waals surface area contributed by atoms with Gasteiger partial charge in [-0.15, -0.1) is 0 Å². The van der Waals surface area contributed by atoms with Gasteiger partial charge in [0.2, 0.25) is 5.95 Å². The zero-order valence-electron chi connectivity index (χ0n) is 18.7. The monoisotopic (exact) mass is 449 g/mol. The zero-order valence-corrected chi connectivity index (χ0v) is 18.7. The van der Waals surface area contributed by atoms with Crippen molar-refractivity contribution in [3.05, 3.63) is 94.7 Å². The Kier molecular flexibility index (Phi) is 5.85. The van der Waals surface area contributed by atoms with Crippen LogP contribution in [0, 0.1) is 11.3 Å². The van der Waals surface area contributed by atoms with Crippen molar-refractivity contribution in [2.45, 2.75) is 6.04 Å². The lowest BCUT2D eigenvalue weighted by Crippen LogP contribution is -2.47. The number of anilines is 1. The van der Waals surface area contributed by atoms with Crippen molar-refractivity contribution < 1.29 is 0 Å². The van der Waals surface area contributed by atoms with Crippen LogP contribution in [-0.4, -0.2) is 39.2 Å². The number of nitriles is 1. The third-order valence-electron chi connectivity index (χ3n) is 6.07. The van der Waals surface area contributed by atoms with E-state index in [0.717, 1.165) is 24.2 Å². The summed E-state index contributed by atoms with van der Waals surface area (Å²) in [6, 6.07) is 21.5. The summed E-state index contributed by atoms with van der Waals surface area (Å²) in [4.78, 5) is 27.8. The topological polar surface area (TPSA) is 99.7 Å². The fourth-order valence-electron chi connectivity index (χ4n) is 4.18. The van der Waals surface area contributed by atoms with Crippen LogP contribution in [-0.2, 0) is 7.05 Å². The number of piperazine rings is 1. The lowest BCUT2D eigenvalue weighted by Gasteiger charge is -2.35. The maximum Gasteiger partial charge on any atom is 0.255 e. The summed E-state index contributed by atoms with van der Waals surface area (Å²) in [6.45, 7) is 2.20. The van der Waals surface area contributed by atoms with Gasteiger partial charge in [-0.3, -0.25) is 9.36 Å². The van der Waals surface area contributed by atoms with Crippen LogP contribution in [0.1, 0.15) is 17.2 Å². The maximum absolute atomic E-state index is 12.7. The summed E-state index contributed by atoms with van der Waals surface area (Å²) in [6.07, 6.45) is 3.10. The van der Waals surface area contributed by atoms with Crippen LogP contribution in [0.2, 0.25) is 0 Å². The van der Waals surface area contributed by atoms with Crippen LogP contribution in [0.15, 0.2) is 78.0 Å². The second-order valence-corrected chi connectivity index (χ2v) is 8.20. The third-order valence-corrected chi connectivity index (χ3v) is 6.07. The predicted molar refractivity (Wildman–Crippen MR) is 130 cm³/mol. The largest absolute Gasteiger partial charge is 0.339 e. The van der Waals surface area contributed by atoms with Gasteiger partial charge in [-0.05, 0) is 34.9 Å². The Morgan fingerprint density at radius 2 is 1.76 bits per heavy atom. The first kappa shape index (κ1) is 21.5. The van der Waals surface area contributed by atoms with Crippen molar-refractivity contribution in [2.24, 2.45) is 7.05 Å². The molecule has 0 bridgehead atoms. The number of benzene rings is 2. The van der Waals surface area contributed by atoms with Gasteiger partial charge < -0.3 is 10.2 Å². The maximum atomic E-state index is 12.7. The van der Waals surface area contributed by atoms with Gasteiger partial charge in [-0.25, -0.2) is 15.0 Å². The van der Waals surface area contributed by atoms with Gasteiger partial charge in [0.05, 0.1) is 23.0 Å². The van der Waals surface area contributed by atoms with Crippen molar-refractivity contribution in [3.8, 4) is 28.6 Å². The molecule has 1 aliphatic rings. The van der Waals surface area contributed by atoms with E-state index in [1.54, 1.807) is 23.9 Å². The summed E-state index contributed by atoms with van der Waals surface area (Å²) < 4.78 is 1.58. The van der Waals surface area contributed by atoms with Gasteiger partial charge in [0, 0.05) is 45.0 Å². The van der Waals surface area contributed by atoms with Gasteiger partial charge in [0.25, 0.3) is 5.56 Å². The van der Waals surface area contributed by atoms with E-state index >= 15 is 0 Å². The van der Waals surface area contributed by atoms with Crippen LogP contribution < -0.4 is 15.8 Å². The lowest BCUT2D eigenvalue weighted by molar-refractivity contribution is 0.462. The predicted octanol–water partition coefficient (Wildman–Crippen LogP) is 2.93. The van der Waals surface area contributed by atoms with Crippen molar-refractivity contribution in [3.63, 3.8) is 0 Å². The van der Waals surface area contributed by atoms with Gasteiger partial charge in [-0.1, -0.05) is 36.4 Å². The van der Waals surface area contributed by atoms with E-state index in [1.165, 1.54) is 18.0 Å². The Hall–Kier alpha value is -4.35. The van der Waals surface area contributed by atoms with Gasteiger partial charge in [0.1, 0.15) is 6.33 Å². The zero-order chi connectivity index (χ0) is 23.5. The number of rotatable bonds is 4. The number of nitrogens with one attached hydrogen (secondary N) is 1. The number of hydrogen-bond acceptors (Lipinski definition) is 7. The molecule has 0 aliphatic carbocycles. The molecule has 1 fully saturated rings. The van der Waals surface area contributed by atoms with Crippen LogP contribution in [0.25, 0.3) is 22.5 Å². The molecule has 0 spiro atoms.